The maximum Gasteiger partial charge on any atom is 0.422 e. The minimum absolute atomic E-state index is 0.0706. The quantitative estimate of drug-likeness (QED) is 0.492. The van der Waals surface area contributed by atoms with Crippen LogP contribution in [0.15, 0.2) is 17.2 Å². The summed E-state index contributed by atoms with van der Waals surface area (Å²) in [6.45, 7) is 14.1. The Kier molecular flexibility index (Phi) is 16.5. The Balaban J connectivity index is 0.000000693. The van der Waals surface area contributed by atoms with Crippen LogP contribution in [0.2, 0.25) is 0 Å². The minimum atomic E-state index is -4.58. The Labute approximate surface area is 235 Å². The third-order valence-corrected chi connectivity index (χ3v) is 5.64. The number of nitrogens with zero attached hydrogens (tertiary/aromatic N) is 5. The summed E-state index contributed by atoms with van der Waals surface area (Å²) in [6.07, 6.45) is -4.67. The fourth-order valence-corrected chi connectivity index (χ4v) is 3.89. The molecule has 15 heteroatoms. The molecule has 232 valence electrons. The second-order valence-corrected chi connectivity index (χ2v) is 8.09. The number of aromatic nitrogens is 4. The van der Waals surface area contributed by atoms with E-state index in [4.69, 9.17) is 4.79 Å². The van der Waals surface area contributed by atoms with Gasteiger partial charge >= 0.3 is 12.4 Å². The SMILES string of the molecule is C=O.CC.CC.CCCC(=O)N1CCN(c2ncc(C(F)(F)F)cn2)CC1.O=c1[nH]nc2c(c1C(F)(F)F)CCC2. The van der Waals surface area contributed by atoms with Gasteiger partial charge in [-0.15, -0.1) is 0 Å². The first-order valence-corrected chi connectivity index (χ1v) is 13.3. The molecule has 3 heterocycles. The first-order chi connectivity index (χ1) is 19.4. The number of hydrogen-bond donors (Lipinski definition) is 1. The fourth-order valence-electron chi connectivity index (χ4n) is 3.89. The van der Waals surface area contributed by atoms with E-state index in [1.807, 2.05) is 46.5 Å². The molecule has 2 aromatic rings. The van der Waals surface area contributed by atoms with Gasteiger partial charge in [0.1, 0.15) is 12.4 Å². The van der Waals surface area contributed by atoms with Crippen molar-refractivity contribution >= 4 is 18.6 Å². The predicted octanol–water partition coefficient (Wildman–Crippen LogP) is 5.09. The van der Waals surface area contributed by atoms with Crippen molar-refractivity contribution in [1.29, 1.82) is 0 Å². The molecular formula is C26H38F6N6O3. The molecule has 1 amide bonds. The van der Waals surface area contributed by atoms with Crippen molar-refractivity contribution in [3.8, 4) is 0 Å². The lowest BCUT2D eigenvalue weighted by Crippen LogP contribution is -2.49. The Bertz CT molecular complexity index is 1100. The van der Waals surface area contributed by atoms with Gasteiger partial charge < -0.3 is 14.6 Å². The third-order valence-electron chi connectivity index (χ3n) is 5.64. The Morgan fingerprint density at radius 1 is 0.927 bits per heavy atom. The van der Waals surface area contributed by atoms with Crippen molar-refractivity contribution < 1.29 is 35.9 Å². The lowest BCUT2D eigenvalue weighted by Gasteiger charge is -2.34. The number of fused-ring (bicyclic) bond motifs is 1. The van der Waals surface area contributed by atoms with E-state index in [1.54, 1.807) is 9.80 Å². The number of amides is 1. The molecule has 4 rings (SSSR count). The smallest absolute Gasteiger partial charge is 0.339 e. The molecule has 0 saturated carbocycles. The van der Waals surface area contributed by atoms with E-state index in [0.717, 1.165) is 18.8 Å². The van der Waals surface area contributed by atoms with Crippen molar-refractivity contribution in [2.75, 3.05) is 31.1 Å². The van der Waals surface area contributed by atoms with Crippen molar-refractivity contribution in [2.45, 2.75) is 79.1 Å². The summed E-state index contributed by atoms with van der Waals surface area (Å²) < 4.78 is 74.7. The number of rotatable bonds is 3. The molecule has 1 aliphatic carbocycles. The molecule has 2 aliphatic rings. The standard InChI is InChI=1S/C13H17F3N4O.C8H7F3N2O.2C2H6.CH2O/c1-2-3-11(21)19-4-6-20(7-5-19)12-17-8-10(9-18-12)13(14,15)16;9-8(10,11)6-4-2-1-3-5(4)12-13-7(6)14;3*1-2/h8-9H,2-7H2,1H3;1-3H2,(H,13,14);2*1-2H3;1H2. The summed E-state index contributed by atoms with van der Waals surface area (Å²) in [4.78, 5) is 41.8. The van der Waals surface area contributed by atoms with Crippen molar-refractivity contribution in [3.63, 3.8) is 0 Å². The molecule has 41 heavy (non-hydrogen) atoms. The number of nitrogens with one attached hydrogen (secondary N) is 1. The highest BCUT2D eigenvalue weighted by molar-refractivity contribution is 5.76. The lowest BCUT2D eigenvalue weighted by atomic mass is 10.1. The number of aryl methyl sites for hydroxylation is 1. The van der Waals surface area contributed by atoms with E-state index in [1.165, 1.54) is 0 Å². The number of anilines is 1. The number of halogens is 6. The third kappa shape index (κ3) is 11.1. The van der Waals surface area contributed by atoms with Crippen molar-refractivity contribution in [2.24, 2.45) is 0 Å². The van der Waals surface area contributed by atoms with Gasteiger partial charge in [-0.05, 0) is 31.2 Å². The first-order valence-electron chi connectivity index (χ1n) is 13.3. The predicted molar refractivity (Wildman–Crippen MR) is 142 cm³/mol. The van der Waals surface area contributed by atoms with E-state index in [0.29, 0.717) is 57.6 Å². The highest BCUT2D eigenvalue weighted by atomic mass is 19.4. The molecule has 1 aliphatic heterocycles. The van der Waals surface area contributed by atoms with E-state index >= 15 is 0 Å². The fraction of sp³-hybridized carbons (Fsp3) is 0.615. The summed E-state index contributed by atoms with van der Waals surface area (Å²) in [5.74, 6) is 0.385. The zero-order valence-electron chi connectivity index (χ0n) is 24.0. The molecule has 0 bridgehead atoms. The zero-order valence-corrected chi connectivity index (χ0v) is 24.0. The van der Waals surface area contributed by atoms with E-state index < -0.39 is 29.0 Å². The van der Waals surface area contributed by atoms with E-state index in [2.05, 4.69) is 15.1 Å². The summed E-state index contributed by atoms with van der Waals surface area (Å²) in [5, 5.41) is 5.48. The van der Waals surface area contributed by atoms with Gasteiger partial charge in [-0.25, -0.2) is 15.1 Å². The minimum Gasteiger partial charge on any atom is -0.339 e. The first kappa shape index (κ1) is 37.5. The summed E-state index contributed by atoms with van der Waals surface area (Å²) in [5.41, 5.74) is -2.63. The topological polar surface area (TPSA) is 112 Å². The van der Waals surface area contributed by atoms with Gasteiger partial charge in [-0.3, -0.25) is 9.59 Å². The molecule has 0 aromatic carbocycles. The van der Waals surface area contributed by atoms with Crippen LogP contribution < -0.4 is 10.5 Å². The molecule has 9 nitrogen and oxygen atoms in total. The van der Waals surface area contributed by atoms with Crippen LogP contribution in [0.4, 0.5) is 32.3 Å². The van der Waals surface area contributed by atoms with Crippen LogP contribution in [0.1, 0.15) is 76.3 Å². The van der Waals surface area contributed by atoms with Crippen LogP contribution in [0.25, 0.3) is 0 Å². The molecule has 0 radical (unpaired) electrons. The maximum atomic E-state index is 12.5. The molecule has 0 atom stereocenters. The Morgan fingerprint density at radius 3 is 1.93 bits per heavy atom. The number of carbonyl (C=O) groups excluding carboxylic acids is 2. The van der Waals surface area contributed by atoms with Gasteiger partial charge in [-0.1, -0.05) is 34.6 Å². The molecule has 1 saturated heterocycles. The van der Waals surface area contributed by atoms with Gasteiger partial charge in [0.25, 0.3) is 5.56 Å². The van der Waals surface area contributed by atoms with E-state index in [-0.39, 0.29) is 17.4 Å². The summed E-state index contributed by atoms with van der Waals surface area (Å²) >= 11 is 0. The summed E-state index contributed by atoms with van der Waals surface area (Å²) in [6, 6.07) is 0. The Morgan fingerprint density at radius 2 is 1.46 bits per heavy atom. The van der Waals surface area contributed by atoms with Crippen LogP contribution in [-0.4, -0.2) is 63.9 Å². The highest BCUT2D eigenvalue weighted by Gasteiger charge is 2.39. The number of H-pyrrole nitrogens is 1. The summed E-state index contributed by atoms with van der Waals surface area (Å²) in [7, 11) is 0. The molecule has 2 aromatic heterocycles. The van der Waals surface area contributed by atoms with Gasteiger partial charge in [0.2, 0.25) is 11.9 Å². The number of aromatic amines is 1. The average molecular weight is 597 g/mol. The number of piperazine rings is 1. The molecule has 1 N–H and O–H groups in total. The second-order valence-electron chi connectivity index (χ2n) is 8.09. The molecule has 1 fully saturated rings. The van der Waals surface area contributed by atoms with Gasteiger partial charge in [-0.2, -0.15) is 31.4 Å². The highest BCUT2D eigenvalue weighted by Crippen LogP contribution is 2.33. The average Bonchev–Trinajstić information content (AvgIpc) is 3.44. The monoisotopic (exact) mass is 596 g/mol. The molecule has 0 spiro atoms. The maximum absolute atomic E-state index is 12.5. The van der Waals surface area contributed by atoms with Gasteiger partial charge in [0.05, 0.1) is 11.3 Å². The second kappa shape index (κ2) is 18.0. The van der Waals surface area contributed by atoms with Crippen LogP contribution in [-0.2, 0) is 34.8 Å². The number of alkyl halides is 6. The van der Waals surface area contributed by atoms with Crippen LogP contribution in [0.3, 0.4) is 0 Å². The van der Waals surface area contributed by atoms with Crippen LogP contribution in [0, 0.1) is 0 Å². The van der Waals surface area contributed by atoms with E-state index in [9.17, 15) is 35.9 Å². The van der Waals surface area contributed by atoms with Gasteiger partial charge in [0, 0.05) is 45.0 Å². The normalized spacial score (nSPS) is 14.0. The molecular weight excluding hydrogens is 558 g/mol. The molecule has 0 unspecified atom stereocenters. The lowest BCUT2D eigenvalue weighted by molar-refractivity contribution is -0.139. The van der Waals surface area contributed by atoms with Crippen LogP contribution in [0.5, 0.6) is 0 Å². The Hall–Kier alpha value is -3.52. The van der Waals surface area contributed by atoms with Crippen LogP contribution >= 0.6 is 0 Å². The van der Waals surface area contributed by atoms with Gasteiger partial charge in [0.15, 0.2) is 0 Å². The van der Waals surface area contributed by atoms with Crippen molar-refractivity contribution in [3.05, 3.63) is 45.1 Å². The van der Waals surface area contributed by atoms with Crippen molar-refractivity contribution in [1.82, 2.24) is 25.1 Å². The zero-order chi connectivity index (χ0) is 31.8. The largest absolute Gasteiger partial charge is 0.422 e. The number of carbonyl (C=O) groups is 2. The number of hydrogen-bond acceptors (Lipinski definition) is 7.